The van der Waals surface area contributed by atoms with Gasteiger partial charge in [-0.1, -0.05) is 31.4 Å². The Kier molecular flexibility index (Phi) is 4.89. The summed E-state index contributed by atoms with van der Waals surface area (Å²) in [6, 6.07) is 8.09. The predicted octanol–water partition coefficient (Wildman–Crippen LogP) is 4.13. The molecule has 0 atom stereocenters. The first kappa shape index (κ1) is 19.6. The van der Waals surface area contributed by atoms with Crippen LogP contribution in [0.15, 0.2) is 30.3 Å². The molecular formula is C23H25FN2O3. The Morgan fingerprint density at radius 3 is 2.48 bits per heavy atom. The molecule has 5 nitrogen and oxygen atoms in total. The number of Topliss-reactive ketones (excluding diaryl/α,β-unsaturated/α-hetero) is 1. The molecular weight excluding hydrogens is 371 g/mol. The van der Waals surface area contributed by atoms with Crippen LogP contribution in [0.25, 0.3) is 5.69 Å². The third-order valence-electron chi connectivity index (χ3n) is 6.43. The molecule has 2 aromatic rings. The second kappa shape index (κ2) is 7.25. The highest BCUT2D eigenvalue weighted by molar-refractivity contribution is 6.10. The number of carbonyl (C=O) groups is 3. The highest BCUT2D eigenvalue weighted by Crippen LogP contribution is 2.45. The van der Waals surface area contributed by atoms with Gasteiger partial charge in [0.15, 0.2) is 5.78 Å². The van der Waals surface area contributed by atoms with E-state index in [4.69, 9.17) is 0 Å². The van der Waals surface area contributed by atoms with Gasteiger partial charge in [-0.25, -0.2) is 4.39 Å². The van der Waals surface area contributed by atoms with Crippen LogP contribution in [0.4, 0.5) is 4.39 Å². The van der Waals surface area contributed by atoms with E-state index in [9.17, 15) is 18.8 Å². The fourth-order valence-electron chi connectivity index (χ4n) is 4.92. The van der Waals surface area contributed by atoms with E-state index >= 15 is 0 Å². The van der Waals surface area contributed by atoms with Crippen LogP contribution in [0.2, 0.25) is 0 Å². The summed E-state index contributed by atoms with van der Waals surface area (Å²) >= 11 is 0. The maximum Gasteiger partial charge on any atom is 0.236 e. The number of hydrogen-bond acceptors (Lipinski definition) is 3. The van der Waals surface area contributed by atoms with Gasteiger partial charge in [-0.2, -0.15) is 0 Å². The van der Waals surface area contributed by atoms with Gasteiger partial charge in [0, 0.05) is 23.4 Å². The Hall–Kier alpha value is -2.76. The Morgan fingerprint density at radius 2 is 1.79 bits per heavy atom. The van der Waals surface area contributed by atoms with Gasteiger partial charge < -0.3 is 4.57 Å². The number of amides is 2. The van der Waals surface area contributed by atoms with Gasteiger partial charge in [0.05, 0.1) is 17.6 Å². The number of hydrogen-bond donors (Lipinski definition) is 0. The Balaban J connectivity index is 1.60. The number of imide groups is 1. The molecule has 1 saturated heterocycles. The van der Waals surface area contributed by atoms with E-state index in [-0.39, 0.29) is 36.4 Å². The smallest absolute Gasteiger partial charge is 0.236 e. The molecule has 2 heterocycles. The number of aryl methyl sites for hydroxylation is 1. The molecule has 4 rings (SSSR count). The second-order valence-corrected chi connectivity index (χ2v) is 8.30. The average Bonchev–Trinajstić information content (AvgIpc) is 3.11. The summed E-state index contributed by atoms with van der Waals surface area (Å²) in [5.74, 6) is -1.13. The minimum atomic E-state index is -0.598. The largest absolute Gasteiger partial charge is 0.315 e. The van der Waals surface area contributed by atoms with Crippen molar-refractivity contribution in [3.63, 3.8) is 0 Å². The lowest BCUT2D eigenvalue weighted by Crippen LogP contribution is -2.39. The molecule has 1 spiro atoms. The van der Waals surface area contributed by atoms with Crippen LogP contribution in [0.5, 0.6) is 0 Å². The number of aromatic nitrogens is 1. The van der Waals surface area contributed by atoms with Crippen molar-refractivity contribution in [1.82, 2.24) is 9.47 Å². The van der Waals surface area contributed by atoms with Gasteiger partial charge in [-0.15, -0.1) is 0 Å². The number of halogens is 1. The summed E-state index contributed by atoms with van der Waals surface area (Å²) in [5.41, 5.74) is 1.51. The van der Waals surface area contributed by atoms with E-state index in [1.807, 2.05) is 0 Å². The summed E-state index contributed by atoms with van der Waals surface area (Å²) < 4.78 is 16.0. The minimum Gasteiger partial charge on any atom is -0.315 e. The molecule has 1 aliphatic heterocycles. The first-order valence-corrected chi connectivity index (χ1v) is 10.2. The summed E-state index contributed by atoms with van der Waals surface area (Å²) in [4.78, 5) is 39.7. The van der Waals surface area contributed by atoms with Crippen LogP contribution < -0.4 is 0 Å². The lowest BCUT2D eigenvalue weighted by atomic mass is 9.73. The fraction of sp³-hybridized carbons (Fsp3) is 0.435. The number of para-hydroxylation sites is 1. The SMILES string of the molecule is Cc1cc(C(=O)CN2C(=O)CC3(CCCCC3)C2=O)c(C)n1-c1ccccc1F. The van der Waals surface area contributed by atoms with Crippen molar-refractivity contribution < 1.29 is 18.8 Å². The van der Waals surface area contributed by atoms with Gasteiger partial charge in [-0.3, -0.25) is 19.3 Å². The molecule has 6 heteroatoms. The quantitative estimate of drug-likeness (QED) is 0.577. The molecule has 1 aromatic heterocycles. The molecule has 0 unspecified atom stereocenters. The molecule has 0 bridgehead atoms. The zero-order chi connectivity index (χ0) is 20.8. The van der Waals surface area contributed by atoms with Crippen molar-refractivity contribution in [1.29, 1.82) is 0 Å². The summed E-state index contributed by atoms with van der Waals surface area (Å²) in [6.07, 6.45) is 4.65. The zero-order valence-corrected chi connectivity index (χ0v) is 16.8. The second-order valence-electron chi connectivity index (χ2n) is 8.30. The van der Waals surface area contributed by atoms with Crippen molar-refractivity contribution >= 4 is 17.6 Å². The summed E-state index contributed by atoms with van der Waals surface area (Å²) in [5, 5.41) is 0. The number of benzene rings is 1. The lowest BCUT2D eigenvalue weighted by molar-refractivity contribution is -0.141. The van der Waals surface area contributed by atoms with Crippen LogP contribution in [-0.4, -0.2) is 33.6 Å². The normalized spacial score (nSPS) is 18.7. The van der Waals surface area contributed by atoms with Crippen molar-refractivity contribution in [3.05, 3.63) is 53.1 Å². The van der Waals surface area contributed by atoms with Crippen molar-refractivity contribution in [2.45, 2.75) is 52.4 Å². The zero-order valence-electron chi connectivity index (χ0n) is 16.8. The molecule has 1 aliphatic carbocycles. The monoisotopic (exact) mass is 396 g/mol. The van der Waals surface area contributed by atoms with Crippen molar-refractivity contribution in [2.24, 2.45) is 5.41 Å². The number of carbonyl (C=O) groups excluding carboxylic acids is 3. The Labute approximate surface area is 169 Å². The highest BCUT2D eigenvalue weighted by Gasteiger charge is 2.51. The van der Waals surface area contributed by atoms with E-state index < -0.39 is 5.41 Å². The fourth-order valence-corrected chi connectivity index (χ4v) is 4.92. The summed E-state index contributed by atoms with van der Waals surface area (Å²) in [6.45, 7) is 3.31. The molecule has 0 radical (unpaired) electrons. The van der Waals surface area contributed by atoms with E-state index in [1.165, 1.54) is 6.07 Å². The number of nitrogens with zero attached hydrogens (tertiary/aromatic N) is 2. The highest BCUT2D eigenvalue weighted by atomic mass is 19.1. The van der Waals surface area contributed by atoms with Crippen LogP contribution >= 0.6 is 0 Å². The van der Waals surface area contributed by atoms with Gasteiger partial charge >= 0.3 is 0 Å². The first-order chi connectivity index (χ1) is 13.8. The minimum absolute atomic E-state index is 0.196. The summed E-state index contributed by atoms with van der Waals surface area (Å²) in [7, 11) is 0. The molecule has 1 saturated carbocycles. The van der Waals surface area contributed by atoms with E-state index in [2.05, 4.69) is 0 Å². The van der Waals surface area contributed by atoms with Crippen molar-refractivity contribution in [2.75, 3.05) is 6.54 Å². The van der Waals surface area contributed by atoms with Gasteiger partial charge in [-0.05, 0) is 44.9 Å². The van der Waals surface area contributed by atoms with Crippen LogP contribution in [-0.2, 0) is 9.59 Å². The molecule has 2 aliphatic rings. The molecule has 2 amide bonds. The van der Waals surface area contributed by atoms with Crippen LogP contribution in [0.3, 0.4) is 0 Å². The molecule has 29 heavy (non-hydrogen) atoms. The molecule has 1 aromatic carbocycles. The van der Waals surface area contributed by atoms with Gasteiger partial charge in [0.2, 0.25) is 11.8 Å². The number of ketones is 1. The van der Waals surface area contributed by atoms with Gasteiger partial charge in [0.1, 0.15) is 5.82 Å². The number of rotatable bonds is 4. The predicted molar refractivity (Wildman–Crippen MR) is 106 cm³/mol. The first-order valence-electron chi connectivity index (χ1n) is 10.2. The maximum atomic E-state index is 14.3. The lowest BCUT2D eigenvalue weighted by Gasteiger charge is -2.30. The maximum absolute atomic E-state index is 14.3. The topological polar surface area (TPSA) is 59.4 Å². The van der Waals surface area contributed by atoms with E-state index in [0.29, 0.717) is 16.9 Å². The Bertz CT molecular complexity index is 1000. The average molecular weight is 396 g/mol. The third-order valence-corrected chi connectivity index (χ3v) is 6.43. The Morgan fingerprint density at radius 1 is 1.10 bits per heavy atom. The van der Waals surface area contributed by atoms with Crippen molar-refractivity contribution in [3.8, 4) is 5.69 Å². The van der Waals surface area contributed by atoms with E-state index in [0.717, 1.165) is 42.7 Å². The molecule has 152 valence electrons. The third kappa shape index (κ3) is 3.20. The van der Waals surface area contributed by atoms with E-state index in [1.54, 1.807) is 42.7 Å². The molecule has 0 N–H and O–H groups in total. The van der Waals surface area contributed by atoms with Crippen LogP contribution in [0.1, 0.15) is 60.3 Å². The standard InChI is InChI=1S/C23H25FN2O3/c1-15-12-17(16(2)26(15)19-9-5-4-8-18(19)24)20(27)14-25-21(28)13-23(22(25)29)10-6-3-7-11-23/h4-5,8-9,12H,3,6-7,10-11,13-14H2,1-2H3. The van der Waals surface area contributed by atoms with Crippen LogP contribution in [0, 0.1) is 25.1 Å². The molecule has 2 fully saturated rings. The van der Waals surface area contributed by atoms with Gasteiger partial charge in [0.25, 0.3) is 0 Å². The number of likely N-dealkylation sites (tertiary alicyclic amines) is 1.